The lowest BCUT2D eigenvalue weighted by molar-refractivity contribution is 0.0952. The second kappa shape index (κ2) is 8.87. The summed E-state index contributed by atoms with van der Waals surface area (Å²) in [5.74, 6) is 0.508. The molecule has 2 aromatic rings. The number of carbonyl (C=O) groups is 1. The van der Waals surface area contributed by atoms with Crippen molar-refractivity contribution in [3.8, 4) is 17.2 Å². The average molecular weight is 472 g/mol. The maximum atomic E-state index is 12.1. The number of phenolic OH excluding ortho intramolecular Hbond substituents is 1. The van der Waals surface area contributed by atoms with Crippen molar-refractivity contribution >= 4 is 44.0 Å². The minimum atomic E-state index is -0.521. The van der Waals surface area contributed by atoms with Crippen LogP contribution in [0.25, 0.3) is 0 Å². The van der Waals surface area contributed by atoms with Crippen molar-refractivity contribution in [1.29, 1.82) is 0 Å². The van der Waals surface area contributed by atoms with Crippen LogP contribution in [-0.2, 0) is 0 Å². The van der Waals surface area contributed by atoms with Gasteiger partial charge in [-0.2, -0.15) is 5.10 Å². The van der Waals surface area contributed by atoms with Gasteiger partial charge in [-0.1, -0.05) is 15.9 Å². The molecule has 132 valence electrons. The van der Waals surface area contributed by atoms with E-state index in [1.165, 1.54) is 18.3 Å². The van der Waals surface area contributed by atoms with Crippen molar-refractivity contribution in [2.24, 2.45) is 5.10 Å². The number of rotatable bonds is 6. The first kappa shape index (κ1) is 19.3. The summed E-state index contributed by atoms with van der Waals surface area (Å²) >= 11 is 6.66. The second-order valence-corrected chi connectivity index (χ2v) is 6.60. The Labute approximate surface area is 162 Å². The van der Waals surface area contributed by atoms with Crippen LogP contribution in [0.4, 0.5) is 0 Å². The highest BCUT2D eigenvalue weighted by atomic mass is 79.9. The molecule has 25 heavy (non-hydrogen) atoms. The van der Waals surface area contributed by atoms with Crippen LogP contribution in [0, 0.1) is 0 Å². The van der Waals surface area contributed by atoms with Crippen LogP contribution in [0.3, 0.4) is 0 Å². The number of ether oxygens (including phenoxy) is 2. The summed E-state index contributed by atoms with van der Waals surface area (Å²) in [4.78, 5) is 12.1. The number of halogens is 2. The smallest absolute Gasteiger partial charge is 0.275 e. The quantitative estimate of drug-likeness (QED) is 0.491. The summed E-state index contributed by atoms with van der Waals surface area (Å²) in [6, 6.07) is 8.11. The van der Waals surface area contributed by atoms with Gasteiger partial charge in [0.15, 0.2) is 11.5 Å². The molecule has 0 fully saturated rings. The van der Waals surface area contributed by atoms with Gasteiger partial charge in [0.05, 0.1) is 30.0 Å². The zero-order valence-electron chi connectivity index (χ0n) is 13.5. The third-order valence-electron chi connectivity index (χ3n) is 3.12. The molecule has 0 saturated carbocycles. The van der Waals surface area contributed by atoms with Crippen LogP contribution in [-0.4, -0.2) is 30.9 Å². The van der Waals surface area contributed by atoms with Gasteiger partial charge in [-0.25, -0.2) is 5.43 Å². The first-order chi connectivity index (χ1) is 12.0. The van der Waals surface area contributed by atoms with Crippen LogP contribution < -0.4 is 14.9 Å². The SMILES string of the molecule is CCOc1cc(/C=N\NC(=O)c2cc(Br)ccc2O)cc(Br)c1OC. The number of hydrazone groups is 1. The lowest BCUT2D eigenvalue weighted by Gasteiger charge is -2.11. The fraction of sp³-hybridized carbons (Fsp3) is 0.176. The van der Waals surface area contributed by atoms with Crippen molar-refractivity contribution < 1.29 is 19.4 Å². The molecule has 0 saturated heterocycles. The molecule has 0 atom stereocenters. The third-order valence-corrected chi connectivity index (χ3v) is 4.20. The molecular formula is C17H16Br2N2O4. The summed E-state index contributed by atoms with van der Waals surface area (Å²) < 4.78 is 12.2. The van der Waals surface area contributed by atoms with E-state index in [9.17, 15) is 9.90 Å². The number of carbonyl (C=O) groups excluding carboxylic acids is 1. The Morgan fingerprint density at radius 2 is 2.08 bits per heavy atom. The van der Waals surface area contributed by atoms with E-state index in [1.807, 2.05) is 6.92 Å². The molecule has 0 heterocycles. The standard InChI is InChI=1S/C17H16Br2N2O4/c1-3-25-15-7-10(6-13(19)16(15)24-2)9-20-21-17(23)12-8-11(18)4-5-14(12)22/h4-9,22H,3H2,1-2H3,(H,21,23)/b20-9-. The molecule has 0 spiro atoms. The molecule has 2 rings (SSSR count). The topological polar surface area (TPSA) is 80.2 Å². The molecule has 1 amide bonds. The Balaban J connectivity index is 2.16. The zero-order valence-corrected chi connectivity index (χ0v) is 16.7. The highest BCUT2D eigenvalue weighted by Crippen LogP contribution is 2.36. The van der Waals surface area contributed by atoms with E-state index in [-0.39, 0.29) is 11.3 Å². The van der Waals surface area contributed by atoms with E-state index in [0.29, 0.717) is 32.6 Å². The van der Waals surface area contributed by atoms with Crippen molar-refractivity contribution in [3.63, 3.8) is 0 Å². The normalized spacial score (nSPS) is 10.7. The highest BCUT2D eigenvalue weighted by molar-refractivity contribution is 9.10. The Morgan fingerprint density at radius 1 is 1.32 bits per heavy atom. The van der Waals surface area contributed by atoms with Gasteiger partial charge in [0, 0.05) is 4.47 Å². The van der Waals surface area contributed by atoms with Gasteiger partial charge in [-0.05, 0) is 58.7 Å². The Morgan fingerprint density at radius 3 is 2.76 bits per heavy atom. The second-order valence-electron chi connectivity index (χ2n) is 4.83. The molecule has 2 N–H and O–H groups in total. The average Bonchev–Trinajstić information content (AvgIpc) is 2.57. The van der Waals surface area contributed by atoms with E-state index < -0.39 is 5.91 Å². The first-order valence-corrected chi connectivity index (χ1v) is 8.87. The number of methoxy groups -OCH3 is 1. The van der Waals surface area contributed by atoms with Gasteiger partial charge in [-0.15, -0.1) is 0 Å². The minimum Gasteiger partial charge on any atom is -0.507 e. The number of aromatic hydroxyl groups is 1. The number of nitrogens with zero attached hydrogens (tertiary/aromatic N) is 1. The van der Waals surface area contributed by atoms with Gasteiger partial charge in [0.2, 0.25) is 0 Å². The number of nitrogens with one attached hydrogen (secondary N) is 1. The molecule has 0 unspecified atom stereocenters. The zero-order chi connectivity index (χ0) is 18.4. The van der Waals surface area contributed by atoms with E-state index in [4.69, 9.17) is 9.47 Å². The van der Waals surface area contributed by atoms with Crippen LogP contribution >= 0.6 is 31.9 Å². The molecule has 0 aliphatic rings. The Hall–Kier alpha value is -2.06. The van der Waals surface area contributed by atoms with Gasteiger partial charge in [0.25, 0.3) is 5.91 Å². The van der Waals surface area contributed by atoms with Crippen molar-refractivity contribution in [2.75, 3.05) is 13.7 Å². The minimum absolute atomic E-state index is 0.123. The van der Waals surface area contributed by atoms with Gasteiger partial charge >= 0.3 is 0 Å². The maximum Gasteiger partial charge on any atom is 0.275 e. The van der Waals surface area contributed by atoms with Crippen LogP contribution in [0.1, 0.15) is 22.8 Å². The van der Waals surface area contributed by atoms with E-state index in [2.05, 4.69) is 42.4 Å². The van der Waals surface area contributed by atoms with E-state index in [0.717, 1.165) is 0 Å². The molecule has 0 aromatic heterocycles. The molecule has 0 radical (unpaired) electrons. The summed E-state index contributed by atoms with van der Waals surface area (Å²) in [5.41, 5.74) is 3.20. The lowest BCUT2D eigenvalue weighted by atomic mass is 10.2. The number of amides is 1. The maximum absolute atomic E-state index is 12.1. The van der Waals surface area contributed by atoms with Gasteiger partial charge < -0.3 is 14.6 Å². The van der Waals surface area contributed by atoms with Crippen LogP contribution in [0.5, 0.6) is 17.2 Å². The fourth-order valence-electron chi connectivity index (χ4n) is 2.04. The number of hydrogen-bond donors (Lipinski definition) is 2. The third kappa shape index (κ3) is 4.96. The fourth-order valence-corrected chi connectivity index (χ4v) is 3.02. The molecule has 0 aliphatic carbocycles. The summed E-state index contributed by atoms with van der Waals surface area (Å²) in [6.45, 7) is 2.36. The first-order valence-electron chi connectivity index (χ1n) is 7.28. The summed E-state index contributed by atoms with van der Waals surface area (Å²) in [6.07, 6.45) is 1.47. The lowest BCUT2D eigenvalue weighted by Crippen LogP contribution is -2.17. The Bertz CT molecular complexity index is 809. The van der Waals surface area contributed by atoms with Crippen molar-refractivity contribution in [3.05, 3.63) is 50.4 Å². The number of phenols is 1. The van der Waals surface area contributed by atoms with Crippen molar-refractivity contribution in [2.45, 2.75) is 6.92 Å². The van der Waals surface area contributed by atoms with Crippen LogP contribution in [0.15, 0.2) is 44.4 Å². The molecule has 8 heteroatoms. The molecule has 6 nitrogen and oxygen atoms in total. The number of hydrogen-bond acceptors (Lipinski definition) is 5. The monoisotopic (exact) mass is 470 g/mol. The van der Waals surface area contributed by atoms with E-state index in [1.54, 1.807) is 25.3 Å². The predicted molar refractivity (Wildman–Crippen MR) is 103 cm³/mol. The van der Waals surface area contributed by atoms with Gasteiger partial charge in [-0.3, -0.25) is 4.79 Å². The van der Waals surface area contributed by atoms with Gasteiger partial charge in [0.1, 0.15) is 5.75 Å². The number of benzene rings is 2. The summed E-state index contributed by atoms with van der Waals surface area (Å²) in [7, 11) is 1.56. The molecular weight excluding hydrogens is 456 g/mol. The Kier molecular flexibility index (Phi) is 6.83. The summed E-state index contributed by atoms with van der Waals surface area (Å²) in [5, 5.41) is 13.7. The molecule has 0 bridgehead atoms. The molecule has 2 aromatic carbocycles. The van der Waals surface area contributed by atoms with E-state index >= 15 is 0 Å². The molecule has 0 aliphatic heterocycles. The largest absolute Gasteiger partial charge is 0.507 e. The predicted octanol–water partition coefficient (Wildman–Crippen LogP) is 4.09. The van der Waals surface area contributed by atoms with Crippen molar-refractivity contribution in [1.82, 2.24) is 5.43 Å². The van der Waals surface area contributed by atoms with Crippen LogP contribution in [0.2, 0.25) is 0 Å². The highest BCUT2D eigenvalue weighted by Gasteiger charge is 2.12.